The molecule has 2 atom stereocenters. The predicted octanol–water partition coefficient (Wildman–Crippen LogP) is 2.93. The van der Waals surface area contributed by atoms with E-state index in [1.54, 1.807) is 11.0 Å². The summed E-state index contributed by atoms with van der Waals surface area (Å²) in [5, 5.41) is 2.67. The number of urea groups is 1. The van der Waals surface area contributed by atoms with Crippen molar-refractivity contribution in [1.29, 1.82) is 0 Å². The number of carbonyl (C=O) groups is 1. The van der Waals surface area contributed by atoms with Gasteiger partial charge >= 0.3 is 12.6 Å². The van der Waals surface area contributed by atoms with Gasteiger partial charge in [-0.2, -0.15) is 8.78 Å². The third-order valence-corrected chi connectivity index (χ3v) is 3.02. The number of alkyl halides is 2. The molecule has 5 nitrogen and oxygen atoms in total. The molecule has 1 N–H and O–H groups in total. The molecule has 116 valence electrons. The highest BCUT2D eigenvalue weighted by molar-refractivity contribution is 5.89. The van der Waals surface area contributed by atoms with Crippen LogP contribution in [-0.4, -0.2) is 42.8 Å². The van der Waals surface area contributed by atoms with E-state index in [1.807, 2.05) is 13.8 Å². The molecule has 7 heteroatoms. The van der Waals surface area contributed by atoms with Crippen molar-refractivity contribution in [1.82, 2.24) is 4.90 Å². The average molecular weight is 300 g/mol. The number of nitrogens with zero attached hydrogens (tertiary/aromatic N) is 1. The highest BCUT2D eigenvalue weighted by Gasteiger charge is 2.25. The lowest BCUT2D eigenvalue weighted by Crippen LogP contribution is -2.49. The molecule has 0 spiro atoms. The maximum Gasteiger partial charge on any atom is 0.387 e. The minimum Gasteiger partial charge on any atom is -0.435 e. The number of benzene rings is 1. The van der Waals surface area contributed by atoms with Crippen LogP contribution in [0.25, 0.3) is 0 Å². The third-order valence-electron chi connectivity index (χ3n) is 3.02. The van der Waals surface area contributed by atoms with E-state index in [0.29, 0.717) is 18.8 Å². The Kier molecular flexibility index (Phi) is 4.95. The molecule has 1 fully saturated rings. The van der Waals surface area contributed by atoms with Gasteiger partial charge in [-0.1, -0.05) is 6.07 Å². The summed E-state index contributed by atoms with van der Waals surface area (Å²) in [6, 6.07) is 5.63. The molecule has 0 radical (unpaired) electrons. The van der Waals surface area contributed by atoms with Gasteiger partial charge in [-0.3, -0.25) is 0 Å². The average Bonchev–Trinajstić information content (AvgIpc) is 2.37. The summed E-state index contributed by atoms with van der Waals surface area (Å²) in [7, 11) is 0. The molecule has 0 aliphatic carbocycles. The van der Waals surface area contributed by atoms with Crippen molar-refractivity contribution in [3.63, 3.8) is 0 Å². The van der Waals surface area contributed by atoms with E-state index in [0.717, 1.165) is 0 Å². The Hall–Kier alpha value is -1.89. The van der Waals surface area contributed by atoms with Crippen molar-refractivity contribution in [2.45, 2.75) is 32.7 Å². The molecule has 1 aliphatic heterocycles. The Morgan fingerprint density at radius 3 is 2.67 bits per heavy atom. The van der Waals surface area contributed by atoms with Crippen LogP contribution in [0.4, 0.5) is 19.3 Å². The summed E-state index contributed by atoms with van der Waals surface area (Å²) in [6.07, 6.45) is -0.0685. The first-order chi connectivity index (χ1) is 9.94. The fourth-order valence-electron chi connectivity index (χ4n) is 2.30. The third kappa shape index (κ3) is 4.56. The van der Waals surface area contributed by atoms with Crippen molar-refractivity contribution in [3.8, 4) is 5.75 Å². The van der Waals surface area contributed by atoms with Crippen LogP contribution in [0.3, 0.4) is 0 Å². The number of hydrogen-bond acceptors (Lipinski definition) is 3. The highest BCUT2D eigenvalue weighted by Crippen LogP contribution is 2.20. The zero-order valence-electron chi connectivity index (χ0n) is 11.9. The lowest BCUT2D eigenvalue weighted by atomic mass is 10.2. The standard InChI is InChI=1S/C14H18F2N2O3/c1-9-7-18(8-10(2)20-9)14(19)17-11-4-3-5-12(6-11)21-13(15)16/h3-6,9-10,13H,7-8H2,1-2H3,(H,17,19)/t9-,10-/m1/s1. The number of nitrogens with one attached hydrogen (secondary N) is 1. The van der Waals surface area contributed by atoms with Crippen LogP contribution >= 0.6 is 0 Å². The lowest BCUT2D eigenvalue weighted by molar-refractivity contribution is -0.0531. The van der Waals surface area contributed by atoms with E-state index in [9.17, 15) is 13.6 Å². The van der Waals surface area contributed by atoms with E-state index in [-0.39, 0.29) is 24.0 Å². The van der Waals surface area contributed by atoms with E-state index >= 15 is 0 Å². The first-order valence-corrected chi connectivity index (χ1v) is 6.70. The SMILES string of the molecule is C[C@@H]1CN(C(=O)Nc2cccc(OC(F)F)c2)C[C@@H](C)O1. The number of halogens is 2. The zero-order chi connectivity index (χ0) is 15.4. The highest BCUT2D eigenvalue weighted by atomic mass is 19.3. The number of hydrogen-bond donors (Lipinski definition) is 1. The Balaban J connectivity index is 1.99. The smallest absolute Gasteiger partial charge is 0.387 e. The van der Waals surface area contributed by atoms with Crippen molar-refractivity contribution in [2.24, 2.45) is 0 Å². The fourth-order valence-corrected chi connectivity index (χ4v) is 2.30. The van der Waals surface area contributed by atoms with Gasteiger partial charge in [-0.15, -0.1) is 0 Å². The maximum atomic E-state index is 12.2. The second kappa shape index (κ2) is 6.71. The first kappa shape index (κ1) is 15.5. The van der Waals surface area contributed by atoms with E-state index in [2.05, 4.69) is 10.1 Å². The number of rotatable bonds is 3. The monoisotopic (exact) mass is 300 g/mol. The second-order valence-electron chi connectivity index (χ2n) is 5.00. The lowest BCUT2D eigenvalue weighted by Gasteiger charge is -2.35. The molecule has 21 heavy (non-hydrogen) atoms. The first-order valence-electron chi connectivity index (χ1n) is 6.70. The number of anilines is 1. The van der Waals surface area contributed by atoms with Crippen LogP contribution in [0.15, 0.2) is 24.3 Å². The Labute approximate surface area is 121 Å². The summed E-state index contributed by atoms with van der Waals surface area (Å²) >= 11 is 0. The predicted molar refractivity (Wildman–Crippen MR) is 73.7 cm³/mol. The maximum absolute atomic E-state index is 12.2. The quantitative estimate of drug-likeness (QED) is 0.933. The number of ether oxygens (including phenoxy) is 2. The number of carbonyl (C=O) groups excluding carboxylic acids is 1. The summed E-state index contributed by atoms with van der Waals surface area (Å²) in [5.74, 6) is 0.00603. The molecule has 1 aromatic rings. The summed E-state index contributed by atoms with van der Waals surface area (Å²) in [5.41, 5.74) is 0.407. The zero-order valence-corrected chi connectivity index (χ0v) is 11.9. The van der Waals surface area contributed by atoms with E-state index < -0.39 is 6.61 Å². The van der Waals surface area contributed by atoms with Crippen LogP contribution in [0.2, 0.25) is 0 Å². The molecule has 1 saturated heterocycles. The van der Waals surface area contributed by atoms with Crippen LogP contribution in [-0.2, 0) is 4.74 Å². The molecule has 0 saturated carbocycles. The molecule has 2 rings (SSSR count). The topological polar surface area (TPSA) is 50.8 Å². The molecule has 0 unspecified atom stereocenters. The normalized spacial score (nSPS) is 22.2. The molecule has 1 aromatic carbocycles. The van der Waals surface area contributed by atoms with Gasteiger partial charge in [0.1, 0.15) is 5.75 Å². The Morgan fingerprint density at radius 1 is 1.38 bits per heavy atom. The van der Waals surface area contributed by atoms with Crippen molar-refractivity contribution in [3.05, 3.63) is 24.3 Å². The van der Waals surface area contributed by atoms with Gasteiger partial charge in [0.05, 0.1) is 12.2 Å². The molecule has 1 heterocycles. The number of amides is 2. The molecule has 0 bridgehead atoms. The van der Waals surface area contributed by atoms with Crippen LogP contribution in [0.1, 0.15) is 13.8 Å². The van der Waals surface area contributed by atoms with Crippen molar-refractivity contribution < 1.29 is 23.0 Å². The van der Waals surface area contributed by atoms with Crippen molar-refractivity contribution >= 4 is 11.7 Å². The van der Waals surface area contributed by atoms with E-state index in [1.165, 1.54) is 18.2 Å². The van der Waals surface area contributed by atoms with Gasteiger partial charge in [0.15, 0.2) is 0 Å². The summed E-state index contributed by atoms with van der Waals surface area (Å²) in [4.78, 5) is 13.8. The van der Waals surface area contributed by atoms with Gasteiger partial charge < -0.3 is 19.7 Å². The fraction of sp³-hybridized carbons (Fsp3) is 0.500. The Morgan fingerprint density at radius 2 is 2.05 bits per heavy atom. The molecule has 0 aromatic heterocycles. The summed E-state index contributed by atoms with van der Waals surface area (Å²) < 4.78 is 34.2. The molecular formula is C14H18F2N2O3. The van der Waals surface area contributed by atoms with Gasteiger partial charge in [-0.05, 0) is 26.0 Å². The van der Waals surface area contributed by atoms with Crippen LogP contribution < -0.4 is 10.1 Å². The minimum absolute atomic E-state index is 0.00603. The molecule has 1 aliphatic rings. The van der Waals surface area contributed by atoms with Gasteiger partial charge in [0.2, 0.25) is 0 Å². The van der Waals surface area contributed by atoms with Crippen LogP contribution in [0.5, 0.6) is 5.75 Å². The van der Waals surface area contributed by atoms with Gasteiger partial charge in [0, 0.05) is 24.8 Å². The largest absolute Gasteiger partial charge is 0.435 e. The number of morpholine rings is 1. The Bertz CT molecular complexity index is 489. The summed E-state index contributed by atoms with van der Waals surface area (Å²) in [6.45, 7) is 1.88. The van der Waals surface area contributed by atoms with Crippen LogP contribution in [0, 0.1) is 0 Å². The minimum atomic E-state index is -2.89. The van der Waals surface area contributed by atoms with Crippen molar-refractivity contribution in [2.75, 3.05) is 18.4 Å². The van der Waals surface area contributed by atoms with Gasteiger partial charge in [-0.25, -0.2) is 4.79 Å². The van der Waals surface area contributed by atoms with Gasteiger partial charge in [0.25, 0.3) is 0 Å². The molecule has 2 amide bonds. The van der Waals surface area contributed by atoms with E-state index in [4.69, 9.17) is 4.74 Å². The molecular weight excluding hydrogens is 282 g/mol. The second-order valence-corrected chi connectivity index (χ2v) is 5.00.